The standard InChI is InChI=1S/C13H17N/c1-11(2)14(12(3)4)10-13-8-6-5-7-9-13/h5-9H,1,3,10H2,2,4H3. The SMILES string of the molecule is C=C(C)N(Cc1ccccc1)C(=C)C. The van der Waals surface area contributed by atoms with E-state index in [2.05, 4.69) is 30.2 Å². The van der Waals surface area contributed by atoms with Gasteiger partial charge in [-0.05, 0) is 19.4 Å². The van der Waals surface area contributed by atoms with Gasteiger partial charge in [-0.25, -0.2) is 0 Å². The van der Waals surface area contributed by atoms with Gasteiger partial charge >= 0.3 is 0 Å². The number of allylic oxidation sites excluding steroid dienone is 2. The molecule has 0 aromatic heterocycles. The molecule has 0 radical (unpaired) electrons. The van der Waals surface area contributed by atoms with Crippen LogP contribution in [0.3, 0.4) is 0 Å². The van der Waals surface area contributed by atoms with E-state index in [1.54, 1.807) is 0 Å². The summed E-state index contributed by atoms with van der Waals surface area (Å²) in [6, 6.07) is 10.3. The van der Waals surface area contributed by atoms with Gasteiger partial charge in [-0.1, -0.05) is 43.5 Å². The van der Waals surface area contributed by atoms with E-state index in [0.717, 1.165) is 17.9 Å². The number of hydrogen-bond acceptors (Lipinski definition) is 1. The Morgan fingerprint density at radius 3 is 2.00 bits per heavy atom. The van der Waals surface area contributed by atoms with Crippen molar-refractivity contribution >= 4 is 0 Å². The van der Waals surface area contributed by atoms with Crippen LogP contribution in [0.2, 0.25) is 0 Å². The Morgan fingerprint density at radius 1 is 1.07 bits per heavy atom. The van der Waals surface area contributed by atoms with Crippen LogP contribution in [0.1, 0.15) is 19.4 Å². The van der Waals surface area contributed by atoms with E-state index in [-0.39, 0.29) is 0 Å². The summed E-state index contributed by atoms with van der Waals surface area (Å²) in [6.45, 7) is 12.7. The van der Waals surface area contributed by atoms with Crippen LogP contribution in [0.4, 0.5) is 0 Å². The number of nitrogens with zero attached hydrogens (tertiary/aromatic N) is 1. The summed E-state index contributed by atoms with van der Waals surface area (Å²) in [5.74, 6) is 0. The number of rotatable bonds is 4. The average molecular weight is 187 g/mol. The zero-order chi connectivity index (χ0) is 10.6. The fourth-order valence-corrected chi connectivity index (χ4v) is 1.36. The second kappa shape index (κ2) is 4.66. The normalized spacial score (nSPS) is 9.57. The summed E-state index contributed by atoms with van der Waals surface area (Å²) >= 11 is 0. The van der Waals surface area contributed by atoms with Crippen LogP contribution in [0.5, 0.6) is 0 Å². The summed E-state index contributed by atoms with van der Waals surface area (Å²) in [5.41, 5.74) is 3.33. The van der Waals surface area contributed by atoms with Gasteiger partial charge in [0.05, 0.1) is 0 Å². The van der Waals surface area contributed by atoms with Crippen LogP contribution in [0.15, 0.2) is 54.9 Å². The molecule has 0 spiro atoms. The molecule has 0 amide bonds. The topological polar surface area (TPSA) is 3.24 Å². The van der Waals surface area contributed by atoms with Crippen LogP contribution in [0, 0.1) is 0 Å². The summed E-state index contributed by atoms with van der Waals surface area (Å²) in [5, 5.41) is 0. The monoisotopic (exact) mass is 187 g/mol. The van der Waals surface area contributed by atoms with Gasteiger partial charge in [-0.2, -0.15) is 0 Å². The molecule has 1 aromatic carbocycles. The molecule has 0 atom stereocenters. The minimum Gasteiger partial charge on any atom is -0.346 e. The molecule has 0 unspecified atom stereocenters. The maximum absolute atomic E-state index is 3.94. The molecule has 14 heavy (non-hydrogen) atoms. The van der Waals surface area contributed by atoms with Crippen molar-refractivity contribution in [1.82, 2.24) is 4.90 Å². The highest BCUT2D eigenvalue weighted by Gasteiger charge is 2.04. The first-order valence-electron chi connectivity index (χ1n) is 4.73. The van der Waals surface area contributed by atoms with Gasteiger partial charge < -0.3 is 4.90 Å². The lowest BCUT2D eigenvalue weighted by atomic mass is 10.2. The van der Waals surface area contributed by atoms with E-state index in [4.69, 9.17) is 0 Å². The summed E-state index contributed by atoms with van der Waals surface area (Å²) < 4.78 is 0. The Morgan fingerprint density at radius 2 is 1.57 bits per heavy atom. The molecule has 0 aliphatic heterocycles. The summed E-state index contributed by atoms with van der Waals surface area (Å²) in [6.07, 6.45) is 0. The third kappa shape index (κ3) is 2.77. The Bertz CT molecular complexity index is 310. The van der Waals surface area contributed by atoms with Crippen molar-refractivity contribution in [3.63, 3.8) is 0 Å². The van der Waals surface area contributed by atoms with Crippen molar-refractivity contribution < 1.29 is 0 Å². The Balaban J connectivity index is 2.75. The largest absolute Gasteiger partial charge is 0.346 e. The first kappa shape index (κ1) is 10.6. The fourth-order valence-electron chi connectivity index (χ4n) is 1.36. The van der Waals surface area contributed by atoms with Crippen molar-refractivity contribution in [1.29, 1.82) is 0 Å². The maximum atomic E-state index is 3.94. The second-order valence-corrected chi connectivity index (χ2v) is 3.54. The Hall–Kier alpha value is -1.50. The minimum absolute atomic E-state index is 0.853. The molecule has 0 fully saturated rings. The van der Waals surface area contributed by atoms with E-state index in [9.17, 15) is 0 Å². The van der Waals surface area contributed by atoms with Crippen LogP contribution < -0.4 is 0 Å². The summed E-state index contributed by atoms with van der Waals surface area (Å²) in [7, 11) is 0. The molecule has 74 valence electrons. The molecule has 0 bridgehead atoms. The van der Waals surface area contributed by atoms with Gasteiger partial charge in [0.25, 0.3) is 0 Å². The Kier molecular flexibility index (Phi) is 3.52. The van der Waals surface area contributed by atoms with E-state index in [0.29, 0.717) is 0 Å². The molecule has 0 heterocycles. The highest BCUT2D eigenvalue weighted by Crippen LogP contribution is 2.14. The second-order valence-electron chi connectivity index (χ2n) is 3.54. The molecule has 1 aromatic rings. The van der Waals surface area contributed by atoms with E-state index < -0.39 is 0 Å². The third-order valence-electron chi connectivity index (χ3n) is 2.11. The molecule has 1 rings (SSSR count). The predicted molar refractivity (Wildman–Crippen MR) is 61.6 cm³/mol. The van der Waals surface area contributed by atoms with Gasteiger partial charge in [0.15, 0.2) is 0 Å². The predicted octanol–water partition coefficient (Wildman–Crippen LogP) is 3.56. The van der Waals surface area contributed by atoms with Gasteiger partial charge in [0.1, 0.15) is 0 Å². The molecule has 0 aliphatic carbocycles. The van der Waals surface area contributed by atoms with Crippen molar-refractivity contribution in [2.75, 3.05) is 0 Å². The lowest BCUT2D eigenvalue weighted by molar-refractivity contribution is 0.426. The maximum Gasteiger partial charge on any atom is 0.0474 e. The molecular weight excluding hydrogens is 170 g/mol. The van der Waals surface area contributed by atoms with Crippen LogP contribution in [-0.2, 0) is 6.54 Å². The molecule has 1 nitrogen and oxygen atoms in total. The van der Waals surface area contributed by atoms with Crippen molar-refractivity contribution in [3.8, 4) is 0 Å². The fraction of sp³-hybridized carbons (Fsp3) is 0.231. The van der Waals surface area contributed by atoms with Crippen molar-refractivity contribution in [3.05, 3.63) is 60.4 Å². The molecule has 0 N–H and O–H groups in total. The van der Waals surface area contributed by atoms with Gasteiger partial charge in [0.2, 0.25) is 0 Å². The lowest BCUT2D eigenvalue weighted by Gasteiger charge is -2.24. The van der Waals surface area contributed by atoms with Gasteiger partial charge in [-0.3, -0.25) is 0 Å². The first-order chi connectivity index (χ1) is 6.61. The molecule has 1 heteroatoms. The highest BCUT2D eigenvalue weighted by atomic mass is 15.1. The zero-order valence-corrected chi connectivity index (χ0v) is 8.96. The van der Waals surface area contributed by atoms with Crippen LogP contribution in [-0.4, -0.2) is 4.90 Å². The smallest absolute Gasteiger partial charge is 0.0474 e. The number of benzene rings is 1. The van der Waals surface area contributed by atoms with E-state index in [1.807, 2.05) is 32.0 Å². The molecule has 0 saturated heterocycles. The average Bonchev–Trinajstić information content (AvgIpc) is 2.15. The van der Waals surface area contributed by atoms with Crippen molar-refractivity contribution in [2.45, 2.75) is 20.4 Å². The van der Waals surface area contributed by atoms with E-state index >= 15 is 0 Å². The summed E-state index contributed by atoms with van der Waals surface area (Å²) in [4.78, 5) is 2.11. The Labute approximate surface area is 86.4 Å². The van der Waals surface area contributed by atoms with Crippen molar-refractivity contribution in [2.24, 2.45) is 0 Å². The minimum atomic E-state index is 0.853. The molecule has 0 saturated carbocycles. The number of hydrogen-bond donors (Lipinski definition) is 0. The first-order valence-corrected chi connectivity index (χ1v) is 4.73. The quantitative estimate of drug-likeness (QED) is 0.696. The highest BCUT2D eigenvalue weighted by molar-refractivity contribution is 5.17. The van der Waals surface area contributed by atoms with Crippen LogP contribution in [0.25, 0.3) is 0 Å². The van der Waals surface area contributed by atoms with Gasteiger partial charge in [0, 0.05) is 17.9 Å². The van der Waals surface area contributed by atoms with Crippen LogP contribution >= 0.6 is 0 Å². The zero-order valence-electron chi connectivity index (χ0n) is 8.96. The third-order valence-corrected chi connectivity index (χ3v) is 2.11. The van der Waals surface area contributed by atoms with E-state index in [1.165, 1.54) is 5.56 Å². The lowest BCUT2D eigenvalue weighted by Crippen LogP contribution is -2.17. The molecular formula is C13H17N. The van der Waals surface area contributed by atoms with Gasteiger partial charge in [-0.15, -0.1) is 0 Å². The molecule has 0 aliphatic rings.